The second-order valence-electron chi connectivity index (χ2n) is 4.38. The van der Waals surface area contributed by atoms with Crippen molar-refractivity contribution < 1.29 is 8.42 Å². The predicted molar refractivity (Wildman–Crippen MR) is 81.3 cm³/mol. The van der Waals surface area contributed by atoms with Crippen LogP contribution in [-0.2, 0) is 16.6 Å². The maximum Gasteiger partial charge on any atom is 0.261 e. The molecule has 2 aromatic carbocycles. The molecule has 0 aliphatic carbocycles. The van der Waals surface area contributed by atoms with Gasteiger partial charge in [-0.15, -0.1) is 0 Å². The number of aryl methyl sites for hydroxylation is 1. The molecule has 2 rings (SSSR count). The summed E-state index contributed by atoms with van der Waals surface area (Å²) in [5.41, 5.74) is 7.54. The molecule has 2 aromatic rings. The molecule has 6 heteroatoms. The molecule has 0 bridgehead atoms. The average molecular weight is 311 g/mol. The third kappa shape index (κ3) is 3.12. The number of rotatable bonds is 4. The van der Waals surface area contributed by atoms with Crippen LogP contribution in [0.1, 0.15) is 11.1 Å². The Hall–Kier alpha value is -1.56. The lowest BCUT2D eigenvalue weighted by Gasteiger charge is -2.11. The van der Waals surface area contributed by atoms with E-state index >= 15 is 0 Å². The summed E-state index contributed by atoms with van der Waals surface area (Å²) in [5.74, 6) is 0. The monoisotopic (exact) mass is 310 g/mol. The lowest BCUT2D eigenvalue weighted by atomic mass is 10.2. The molecule has 0 atom stereocenters. The van der Waals surface area contributed by atoms with Crippen molar-refractivity contribution in [3.05, 3.63) is 58.6 Å². The molecule has 0 spiro atoms. The van der Waals surface area contributed by atoms with Crippen molar-refractivity contribution in [2.75, 3.05) is 4.72 Å². The Bertz CT molecular complexity index is 730. The molecular formula is C14H15ClN2O2S. The largest absolute Gasteiger partial charge is 0.326 e. The van der Waals surface area contributed by atoms with Crippen molar-refractivity contribution in [3.8, 4) is 0 Å². The van der Waals surface area contributed by atoms with Gasteiger partial charge in [0.2, 0.25) is 0 Å². The fourth-order valence-corrected chi connectivity index (χ4v) is 3.14. The zero-order chi connectivity index (χ0) is 14.8. The van der Waals surface area contributed by atoms with Gasteiger partial charge in [0.05, 0.1) is 10.6 Å². The molecule has 0 radical (unpaired) electrons. The van der Waals surface area contributed by atoms with Gasteiger partial charge in [-0.05, 0) is 42.3 Å². The van der Waals surface area contributed by atoms with Gasteiger partial charge in [0, 0.05) is 11.6 Å². The van der Waals surface area contributed by atoms with Gasteiger partial charge in [0.25, 0.3) is 10.0 Å². The molecule has 3 N–H and O–H groups in total. The molecule has 0 saturated heterocycles. The van der Waals surface area contributed by atoms with Crippen LogP contribution < -0.4 is 10.5 Å². The number of hydrogen-bond donors (Lipinski definition) is 2. The summed E-state index contributed by atoms with van der Waals surface area (Å²) >= 11 is 5.94. The van der Waals surface area contributed by atoms with E-state index in [4.69, 9.17) is 17.3 Å². The van der Waals surface area contributed by atoms with Crippen molar-refractivity contribution in [2.45, 2.75) is 18.4 Å². The Labute approximate surface area is 123 Å². The van der Waals surface area contributed by atoms with Crippen molar-refractivity contribution in [1.29, 1.82) is 0 Å². The summed E-state index contributed by atoms with van der Waals surface area (Å²) in [7, 11) is -3.65. The van der Waals surface area contributed by atoms with Gasteiger partial charge in [-0.25, -0.2) is 8.42 Å². The van der Waals surface area contributed by atoms with Gasteiger partial charge in [0.1, 0.15) is 0 Å². The quantitative estimate of drug-likeness (QED) is 0.912. The second kappa shape index (κ2) is 5.83. The van der Waals surface area contributed by atoms with Crippen LogP contribution in [0, 0.1) is 6.92 Å². The first kappa shape index (κ1) is 14.8. The molecule has 0 heterocycles. The summed E-state index contributed by atoms with van der Waals surface area (Å²) in [6, 6.07) is 11.7. The van der Waals surface area contributed by atoms with E-state index in [1.54, 1.807) is 12.1 Å². The molecule has 0 unspecified atom stereocenters. The number of nitrogens with one attached hydrogen (secondary N) is 1. The number of halogens is 1. The number of benzene rings is 2. The van der Waals surface area contributed by atoms with E-state index in [0.717, 1.165) is 5.56 Å². The Balaban J connectivity index is 2.38. The van der Waals surface area contributed by atoms with Gasteiger partial charge >= 0.3 is 0 Å². The SMILES string of the molecule is Cc1ccccc1NS(=O)(=O)c1ccc(Cl)c(CN)c1. The highest BCUT2D eigenvalue weighted by atomic mass is 35.5. The first-order valence-corrected chi connectivity index (χ1v) is 7.87. The molecule has 0 amide bonds. The summed E-state index contributed by atoms with van der Waals surface area (Å²) in [4.78, 5) is 0.144. The fourth-order valence-electron chi connectivity index (χ4n) is 1.77. The number of anilines is 1. The van der Waals surface area contributed by atoms with Crippen LogP contribution in [0.15, 0.2) is 47.4 Å². The van der Waals surface area contributed by atoms with E-state index in [2.05, 4.69) is 4.72 Å². The Morgan fingerprint density at radius 1 is 1.20 bits per heavy atom. The number of nitrogens with two attached hydrogens (primary N) is 1. The van der Waals surface area contributed by atoms with Crippen LogP contribution in [0.25, 0.3) is 0 Å². The minimum atomic E-state index is -3.65. The highest BCUT2D eigenvalue weighted by Crippen LogP contribution is 2.23. The van der Waals surface area contributed by atoms with Crippen molar-refractivity contribution in [2.24, 2.45) is 5.73 Å². The third-order valence-electron chi connectivity index (χ3n) is 2.94. The topological polar surface area (TPSA) is 72.2 Å². The molecule has 0 aliphatic rings. The fraction of sp³-hybridized carbons (Fsp3) is 0.143. The molecule has 20 heavy (non-hydrogen) atoms. The smallest absolute Gasteiger partial charge is 0.261 e. The normalized spacial score (nSPS) is 11.3. The van der Waals surface area contributed by atoms with E-state index in [1.807, 2.05) is 19.1 Å². The molecule has 0 fully saturated rings. The summed E-state index contributed by atoms with van der Waals surface area (Å²) < 4.78 is 27.2. The van der Waals surface area contributed by atoms with Gasteiger partial charge < -0.3 is 5.73 Å². The third-order valence-corrected chi connectivity index (χ3v) is 4.67. The summed E-state index contributed by atoms with van der Waals surface area (Å²) in [6.07, 6.45) is 0. The van der Waals surface area contributed by atoms with Crippen molar-refractivity contribution >= 4 is 27.3 Å². The lowest BCUT2D eigenvalue weighted by molar-refractivity contribution is 0.601. The van der Waals surface area contributed by atoms with Crippen LogP contribution in [0.2, 0.25) is 5.02 Å². The average Bonchev–Trinajstić information content (AvgIpc) is 2.41. The van der Waals surface area contributed by atoms with Crippen LogP contribution in [0.3, 0.4) is 0 Å². The minimum absolute atomic E-state index is 0.144. The van der Waals surface area contributed by atoms with Crippen LogP contribution in [0.4, 0.5) is 5.69 Å². The Morgan fingerprint density at radius 2 is 1.90 bits per heavy atom. The van der Waals surface area contributed by atoms with Crippen LogP contribution >= 0.6 is 11.6 Å². The minimum Gasteiger partial charge on any atom is -0.326 e. The van der Waals surface area contributed by atoms with E-state index in [9.17, 15) is 8.42 Å². The molecule has 0 aromatic heterocycles. The van der Waals surface area contributed by atoms with Gasteiger partial charge in [-0.3, -0.25) is 4.72 Å². The zero-order valence-corrected chi connectivity index (χ0v) is 12.5. The molecular weight excluding hydrogens is 296 g/mol. The second-order valence-corrected chi connectivity index (χ2v) is 6.47. The van der Waals surface area contributed by atoms with E-state index < -0.39 is 10.0 Å². The molecule has 4 nitrogen and oxygen atoms in total. The number of sulfonamides is 1. The van der Waals surface area contributed by atoms with E-state index in [-0.39, 0.29) is 11.4 Å². The van der Waals surface area contributed by atoms with Gasteiger partial charge in [-0.1, -0.05) is 29.8 Å². The highest BCUT2D eigenvalue weighted by Gasteiger charge is 2.16. The molecule has 0 aliphatic heterocycles. The maximum absolute atomic E-state index is 12.3. The maximum atomic E-state index is 12.3. The van der Waals surface area contributed by atoms with Crippen molar-refractivity contribution in [3.63, 3.8) is 0 Å². The van der Waals surface area contributed by atoms with E-state index in [0.29, 0.717) is 16.3 Å². The Morgan fingerprint density at radius 3 is 2.55 bits per heavy atom. The van der Waals surface area contributed by atoms with Gasteiger partial charge in [-0.2, -0.15) is 0 Å². The van der Waals surface area contributed by atoms with Gasteiger partial charge in [0.15, 0.2) is 0 Å². The highest BCUT2D eigenvalue weighted by molar-refractivity contribution is 7.92. The molecule has 0 saturated carbocycles. The first-order chi connectivity index (χ1) is 9.44. The predicted octanol–water partition coefficient (Wildman–Crippen LogP) is 2.91. The zero-order valence-electron chi connectivity index (χ0n) is 10.9. The van der Waals surface area contributed by atoms with Crippen LogP contribution in [-0.4, -0.2) is 8.42 Å². The van der Waals surface area contributed by atoms with E-state index in [1.165, 1.54) is 18.2 Å². The number of para-hydroxylation sites is 1. The molecule has 106 valence electrons. The summed E-state index contributed by atoms with van der Waals surface area (Å²) in [6.45, 7) is 2.03. The van der Waals surface area contributed by atoms with Crippen molar-refractivity contribution in [1.82, 2.24) is 0 Å². The first-order valence-electron chi connectivity index (χ1n) is 6.01. The summed E-state index contributed by atoms with van der Waals surface area (Å²) in [5, 5.41) is 0.461. The number of hydrogen-bond acceptors (Lipinski definition) is 3. The lowest BCUT2D eigenvalue weighted by Crippen LogP contribution is -2.14. The van der Waals surface area contributed by atoms with Crippen LogP contribution in [0.5, 0.6) is 0 Å². The Kier molecular flexibility index (Phi) is 4.32. The standard InChI is InChI=1S/C14H15ClN2O2S/c1-10-4-2-3-5-14(10)17-20(18,19)12-6-7-13(15)11(8-12)9-16/h2-8,17H,9,16H2,1H3.